The summed E-state index contributed by atoms with van der Waals surface area (Å²) in [5.41, 5.74) is 0.929. The van der Waals surface area contributed by atoms with Gasteiger partial charge in [0, 0.05) is 31.3 Å². The number of aliphatic hydroxyl groups is 1. The van der Waals surface area contributed by atoms with E-state index in [2.05, 4.69) is 9.72 Å². The summed E-state index contributed by atoms with van der Waals surface area (Å²) in [6.07, 6.45) is -4.53. The molecule has 2 aromatic carbocycles. The molecule has 36 heavy (non-hydrogen) atoms. The molecule has 2 heterocycles. The third-order valence-corrected chi connectivity index (χ3v) is 5.62. The van der Waals surface area contributed by atoms with Crippen LogP contribution >= 0.6 is 11.6 Å². The number of imidazole rings is 1. The van der Waals surface area contributed by atoms with E-state index in [1.54, 1.807) is 36.0 Å². The van der Waals surface area contributed by atoms with E-state index in [0.29, 0.717) is 17.1 Å². The van der Waals surface area contributed by atoms with E-state index >= 15 is 0 Å². The smallest absolute Gasteiger partial charge is 0.493 e. The van der Waals surface area contributed by atoms with Gasteiger partial charge in [0.1, 0.15) is 5.75 Å². The minimum atomic E-state index is -4.90. The first-order valence-electron chi connectivity index (χ1n) is 10.7. The second kappa shape index (κ2) is 10.2. The number of aliphatic hydroxyl groups excluding tert-OH is 1. The molecular weight excluding hydrogens is 505 g/mol. The average Bonchev–Trinajstić information content (AvgIpc) is 3.28. The molecule has 0 bridgehead atoms. The Morgan fingerprint density at radius 2 is 1.83 bits per heavy atom. The molecule has 0 radical (unpaired) electrons. The Kier molecular flexibility index (Phi) is 7.18. The van der Waals surface area contributed by atoms with Gasteiger partial charge in [0.15, 0.2) is 22.7 Å². The molecule has 0 aliphatic rings. The lowest BCUT2D eigenvalue weighted by atomic mass is 10.2. The van der Waals surface area contributed by atoms with E-state index in [4.69, 9.17) is 21.1 Å². The molecule has 0 fully saturated rings. The van der Waals surface area contributed by atoms with Crippen LogP contribution in [-0.2, 0) is 20.1 Å². The first-order chi connectivity index (χ1) is 17.1. The van der Waals surface area contributed by atoms with Crippen LogP contribution in [0.15, 0.2) is 47.3 Å². The van der Waals surface area contributed by atoms with Gasteiger partial charge in [0.25, 0.3) is 5.56 Å². The van der Waals surface area contributed by atoms with Crippen molar-refractivity contribution < 1.29 is 32.5 Å². The summed E-state index contributed by atoms with van der Waals surface area (Å²) in [5.74, 6) is -0.465. The van der Waals surface area contributed by atoms with Gasteiger partial charge in [0.05, 0.1) is 13.7 Å². The molecule has 4 aromatic rings. The Morgan fingerprint density at radius 3 is 2.47 bits per heavy atom. The zero-order valence-corrected chi connectivity index (χ0v) is 20.0. The monoisotopic (exact) mass is 526 g/mol. The second-order valence-electron chi connectivity index (χ2n) is 7.77. The van der Waals surface area contributed by atoms with Gasteiger partial charge in [0.2, 0.25) is 0 Å². The average molecular weight is 527 g/mol. The molecule has 192 valence electrons. The first-order valence-corrected chi connectivity index (χ1v) is 11.1. The highest BCUT2D eigenvalue weighted by Gasteiger charge is 2.32. The number of nitrogens with zero attached hydrogens (tertiary/aromatic N) is 4. The first kappa shape index (κ1) is 25.5. The lowest BCUT2D eigenvalue weighted by Gasteiger charge is -2.14. The van der Waals surface area contributed by atoms with Crippen LogP contribution in [0.2, 0.25) is 5.02 Å². The number of rotatable bonds is 9. The molecule has 0 aliphatic heterocycles. The van der Waals surface area contributed by atoms with Crippen LogP contribution in [-0.4, -0.2) is 44.1 Å². The van der Waals surface area contributed by atoms with Gasteiger partial charge in [-0.1, -0.05) is 23.7 Å². The number of halogens is 4. The van der Waals surface area contributed by atoms with Gasteiger partial charge in [-0.05, 0) is 36.2 Å². The van der Waals surface area contributed by atoms with Gasteiger partial charge in [-0.25, -0.2) is 4.68 Å². The van der Waals surface area contributed by atoms with E-state index < -0.39 is 12.1 Å². The molecule has 1 N–H and O–H groups in total. The molecular formula is C23H22ClF3N4O5. The van der Waals surface area contributed by atoms with Crippen molar-refractivity contribution in [2.24, 2.45) is 7.05 Å². The maximum atomic E-state index is 13.3. The van der Waals surface area contributed by atoms with Gasteiger partial charge >= 0.3 is 12.4 Å². The Labute approximate surface area is 207 Å². The number of hydrogen-bond donors (Lipinski definition) is 1. The fourth-order valence-corrected chi connectivity index (χ4v) is 3.86. The number of ether oxygens (including phenoxy) is 3. The zero-order chi connectivity index (χ0) is 26.0. The van der Waals surface area contributed by atoms with E-state index in [1.165, 1.54) is 22.4 Å². The summed E-state index contributed by atoms with van der Waals surface area (Å²) in [7, 11) is 2.98. The number of aromatic nitrogens is 4. The second-order valence-corrected chi connectivity index (χ2v) is 8.21. The summed E-state index contributed by atoms with van der Waals surface area (Å²) in [5, 5.41) is 9.72. The van der Waals surface area contributed by atoms with Crippen LogP contribution in [0.1, 0.15) is 12.0 Å². The van der Waals surface area contributed by atoms with Crippen molar-refractivity contribution in [2.45, 2.75) is 25.9 Å². The summed E-state index contributed by atoms with van der Waals surface area (Å²) >= 11 is 5.99. The molecule has 0 amide bonds. The summed E-state index contributed by atoms with van der Waals surface area (Å²) in [6, 6.07) is 10.3. The predicted octanol–water partition coefficient (Wildman–Crippen LogP) is 4.32. The minimum Gasteiger partial charge on any atom is -0.493 e. The summed E-state index contributed by atoms with van der Waals surface area (Å²) < 4.78 is 57.9. The Hall–Kier alpha value is -3.64. The summed E-state index contributed by atoms with van der Waals surface area (Å²) in [6.45, 7) is 0.331. The van der Waals surface area contributed by atoms with Gasteiger partial charge in [-0.2, -0.15) is 4.98 Å². The lowest BCUT2D eigenvalue weighted by Crippen LogP contribution is -2.23. The van der Waals surface area contributed by atoms with E-state index in [-0.39, 0.29) is 48.3 Å². The Balaban J connectivity index is 1.83. The van der Waals surface area contributed by atoms with Gasteiger partial charge in [-0.3, -0.25) is 14.0 Å². The molecule has 0 spiro atoms. The van der Waals surface area contributed by atoms with Crippen molar-refractivity contribution in [3.63, 3.8) is 0 Å². The van der Waals surface area contributed by atoms with Crippen molar-refractivity contribution in [3.05, 3.63) is 63.4 Å². The largest absolute Gasteiger partial charge is 0.573 e. The number of fused-ring (bicyclic) bond motifs is 1. The number of alkyl halides is 3. The Morgan fingerprint density at radius 1 is 1.11 bits per heavy atom. The maximum absolute atomic E-state index is 13.3. The quantitative estimate of drug-likeness (QED) is 0.349. The van der Waals surface area contributed by atoms with Crippen molar-refractivity contribution in [2.75, 3.05) is 13.7 Å². The standard InChI is InChI=1S/C23H22ClF3N4O5/c1-29-20-19(21(33)31(29)10-3-11-32)30(13-14-4-6-15(24)7-5-14)22(28-20)35-18-12-16(36-23(25,26)27)8-9-17(18)34-2/h4-9,12,32H,3,10-11,13H2,1-2H3. The number of hydrogen-bond acceptors (Lipinski definition) is 6. The molecule has 0 unspecified atom stereocenters. The van der Waals surface area contributed by atoms with Crippen LogP contribution < -0.4 is 19.8 Å². The molecule has 0 saturated carbocycles. The lowest BCUT2D eigenvalue weighted by molar-refractivity contribution is -0.274. The van der Waals surface area contributed by atoms with Crippen molar-refractivity contribution in [3.8, 4) is 23.3 Å². The fourth-order valence-electron chi connectivity index (χ4n) is 3.73. The third kappa shape index (κ3) is 5.29. The van der Waals surface area contributed by atoms with Crippen molar-refractivity contribution >= 4 is 22.8 Å². The summed E-state index contributed by atoms with van der Waals surface area (Å²) in [4.78, 5) is 17.7. The fraction of sp³-hybridized carbons (Fsp3) is 0.304. The molecule has 9 nitrogen and oxygen atoms in total. The van der Waals surface area contributed by atoms with Gasteiger partial charge < -0.3 is 19.3 Å². The van der Waals surface area contributed by atoms with E-state index in [1.807, 2.05) is 0 Å². The molecule has 0 aliphatic carbocycles. The number of benzene rings is 2. The van der Waals surface area contributed by atoms with E-state index in [0.717, 1.165) is 17.7 Å². The highest BCUT2D eigenvalue weighted by Crippen LogP contribution is 2.37. The SMILES string of the molecule is COc1ccc(OC(F)(F)F)cc1Oc1nc2c(c(=O)n(CCCO)n2C)n1Cc1ccc(Cl)cc1. The van der Waals surface area contributed by atoms with Gasteiger partial charge in [-0.15, -0.1) is 13.2 Å². The molecule has 13 heteroatoms. The van der Waals surface area contributed by atoms with Crippen molar-refractivity contribution in [1.82, 2.24) is 18.9 Å². The molecule has 0 atom stereocenters. The predicted molar refractivity (Wildman–Crippen MR) is 125 cm³/mol. The van der Waals surface area contributed by atoms with Crippen LogP contribution in [0.4, 0.5) is 13.2 Å². The van der Waals surface area contributed by atoms with Crippen molar-refractivity contribution in [1.29, 1.82) is 0 Å². The minimum absolute atomic E-state index is 0.0422. The number of methoxy groups -OCH3 is 1. The topological polar surface area (TPSA) is 92.7 Å². The van der Waals surface area contributed by atoms with Crippen LogP contribution in [0.25, 0.3) is 11.2 Å². The van der Waals surface area contributed by atoms with E-state index in [9.17, 15) is 23.1 Å². The highest BCUT2D eigenvalue weighted by molar-refractivity contribution is 6.30. The van der Waals surface area contributed by atoms with Crippen LogP contribution in [0.5, 0.6) is 23.3 Å². The molecule has 2 aromatic heterocycles. The molecule has 4 rings (SSSR count). The highest BCUT2D eigenvalue weighted by atomic mass is 35.5. The third-order valence-electron chi connectivity index (χ3n) is 5.37. The molecule has 0 saturated heterocycles. The zero-order valence-electron chi connectivity index (χ0n) is 19.3. The van der Waals surface area contributed by atoms with Crippen LogP contribution in [0.3, 0.4) is 0 Å². The normalized spacial score (nSPS) is 11.8. The maximum Gasteiger partial charge on any atom is 0.573 e. The number of aryl methyl sites for hydroxylation is 1. The Bertz CT molecular complexity index is 1430. The van der Waals surface area contributed by atoms with Crippen LogP contribution in [0, 0.1) is 0 Å².